The monoisotopic (exact) mass is 423 g/mol. The van der Waals surface area contributed by atoms with Gasteiger partial charge in [-0.2, -0.15) is 5.10 Å². The summed E-state index contributed by atoms with van der Waals surface area (Å²) in [5.41, 5.74) is 4.67. The van der Waals surface area contributed by atoms with E-state index in [0.717, 1.165) is 27.6 Å². The minimum atomic E-state index is -0.509. The molecule has 0 atom stereocenters. The second kappa shape index (κ2) is 9.63. The molecule has 0 aliphatic carbocycles. The summed E-state index contributed by atoms with van der Waals surface area (Å²) in [5, 5.41) is 7.35. The van der Waals surface area contributed by atoms with Gasteiger partial charge in [-0.1, -0.05) is 36.8 Å². The molecule has 1 heterocycles. The summed E-state index contributed by atoms with van der Waals surface area (Å²) in [4.78, 5) is 25.7. The molecule has 0 radical (unpaired) electrons. The zero-order valence-electron chi connectivity index (χ0n) is 17.6. The Kier molecular flexibility index (Phi) is 6.95. The zero-order valence-corrected chi connectivity index (χ0v) is 18.4. The Labute approximate surface area is 180 Å². The molecule has 30 heavy (non-hydrogen) atoms. The summed E-state index contributed by atoms with van der Waals surface area (Å²) in [7, 11) is 0. The molecule has 0 saturated heterocycles. The Balaban J connectivity index is 1.67. The Bertz CT molecular complexity index is 1060. The van der Waals surface area contributed by atoms with Crippen molar-refractivity contribution in [2.24, 2.45) is 0 Å². The van der Waals surface area contributed by atoms with E-state index >= 15 is 0 Å². The van der Waals surface area contributed by atoms with Crippen LogP contribution >= 0.6 is 11.8 Å². The topological polar surface area (TPSA) is 73.2 Å². The summed E-state index contributed by atoms with van der Waals surface area (Å²) >= 11 is 1.56. The molecular weight excluding hydrogens is 398 g/mol. The van der Waals surface area contributed by atoms with E-state index in [9.17, 15) is 9.59 Å². The highest BCUT2D eigenvalue weighted by Gasteiger charge is 2.18. The van der Waals surface area contributed by atoms with Gasteiger partial charge in [0.25, 0.3) is 5.91 Å². The van der Waals surface area contributed by atoms with Crippen LogP contribution in [-0.2, 0) is 9.53 Å². The Hall–Kier alpha value is -3.06. The van der Waals surface area contributed by atoms with Gasteiger partial charge in [-0.25, -0.2) is 9.48 Å². The van der Waals surface area contributed by atoms with E-state index in [0.29, 0.717) is 16.9 Å². The van der Waals surface area contributed by atoms with Crippen molar-refractivity contribution >= 4 is 29.3 Å². The van der Waals surface area contributed by atoms with Crippen LogP contribution < -0.4 is 5.32 Å². The number of benzene rings is 2. The Morgan fingerprint density at radius 3 is 2.47 bits per heavy atom. The predicted molar refractivity (Wildman–Crippen MR) is 120 cm³/mol. The minimum absolute atomic E-state index is 0.363. The number of hydrogen-bond acceptors (Lipinski definition) is 5. The molecule has 0 bridgehead atoms. The first-order chi connectivity index (χ1) is 14.4. The molecule has 2 aromatic carbocycles. The normalized spacial score (nSPS) is 10.7. The SMILES string of the molecule is CCSc1ccccc1C(=O)OCC(=O)Nc1c(C)nn(-c2ccc(C)cc2)c1C. The summed E-state index contributed by atoms with van der Waals surface area (Å²) in [6, 6.07) is 15.2. The molecule has 0 saturated carbocycles. The quantitative estimate of drug-likeness (QED) is 0.440. The lowest BCUT2D eigenvalue weighted by Crippen LogP contribution is -2.21. The van der Waals surface area contributed by atoms with Gasteiger partial charge in [0.1, 0.15) is 0 Å². The van der Waals surface area contributed by atoms with Gasteiger partial charge in [0.2, 0.25) is 0 Å². The van der Waals surface area contributed by atoms with Gasteiger partial charge >= 0.3 is 5.97 Å². The van der Waals surface area contributed by atoms with Gasteiger partial charge in [0.15, 0.2) is 6.61 Å². The lowest BCUT2D eigenvalue weighted by Gasteiger charge is -2.10. The molecule has 0 unspecified atom stereocenters. The number of carbonyl (C=O) groups excluding carboxylic acids is 2. The summed E-state index contributed by atoms with van der Waals surface area (Å²) in [6.07, 6.45) is 0. The second-order valence-electron chi connectivity index (χ2n) is 6.85. The third-order valence-electron chi connectivity index (χ3n) is 4.58. The van der Waals surface area contributed by atoms with Crippen LogP contribution in [0.5, 0.6) is 0 Å². The highest BCUT2D eigenvalue weighted by molar-refractivity contribution is 7.99. The predicted octanol–water partition coefficient (Wildman–Crippen LogP) is 4.71. The third-order valence-corrected chi connectivity index (χ3v) is 5.53. The van der Waals surface area contributed by atoms with Crippen molar-refractivity contribution in [2.45, 2.75) is 32.6 Å². The number of thioether (sulfide) groups is 1. The van der Waals surface area contributed by atoms with E-state index in [-0.39, 0.29) is 6.61 Å². The molecule has 1 amide bonds. The molecule has 3 rings (SSSR count). The molecular formula is C23H25N3O3S. The van der Waals surface area contributed by atoms with Crippen LogP contribution in [0.1, 0.15) is 34.2 Å². The molecule has 1 N–H and O–H groups in total. The minimum Gasteiger partial charge on any atom is -0.452 e. The number of anilines is 1. The van der Waals surface area contributed by atoms with Crippen molar-refractivity contribution in [3.05, 3.63) is 71.0 Å². The molecule has 0 fully saturated rings. The van der Waals surface area contributed by atoms with Gasteiger partial charge in [-0.3, -0.25) is 4.79 Å². The van der Waals surface area contributed by atoms with Crippen LogP contribution in [0.3, 0.4) is 0 Å². The van der Waals surface area contributed by atoms with Crippen molar-refractivity contribution in [1.29, 1.82) is 0 Å². The summed E-state index contributed by atoms with van der Waals surface area (Å²) in [6.45, 7) is 7.40. The van der Waals surface area contributed by atoms with Crippen LogP contribution in [0, 0.1) is 20.8 Å². The molecule has 1 aromatic heterocycles. The number of ether oxygens (including phenoxy) is 1. The zero-order chi connectivity index (χ0) is 21.7. The maximum absolute atomic E-state index is 12.4. The summed E-state index contributed by atoms with van der Waals surface area (Å²) in [5.74, 6) is -0.0713. The third kappa shape index (κ3) is 4.91. The first kappa shape index (κ1) is 21.6. The highest BCUT2D eigenvalue weighted by atomic mass is 32.2. The number of nitrogens with one attached hydrogen (secondary N) is 1. The second-order valence-corrected chi connectivity index (χ2v) is 8.15. The summed E-state index contributed by atoms with van der Waals surface area (Å²) < 4.78 is 7.03. The molecule has 0 aliphatic rings. The van der Waals surface area contributed by atoms with Crippen LogP contribution in [0.25, 0.3) is 5.69 Å². The van der Waals surface area contributed by atoms with E-state index in [2.05, 4.69) is 10.4 Å². The smallest absolute Gasteiger partial charge is 0.339 e. The number of carbonyl (C=O) groups is 2. The number of amides is 1. The van der Waals surface area contributed by atoms with Gasteiger partial charge in [0.05, 0.1) is 28.3 Å². The van der Waals surface area contributed by atoms with E-state index < -0.39 is 11.9 Å². The average Bonchev–Trinajstić information content (AvgIpc) is 3.01. The number of nitrogens with zero attached hydrogens (tertiary/aromatic N) is 2. The fourth-order valence-electron chi connectivity index (χ4n) is 3.06. The molecule has 0 aliphatic heterocycles. The fourth-order valence-corrected chi connectivity index (χ4v) is 3.85. The lowest BCUT2D eigenvalue weighted by atomic mass is 10.2. The van der Waals surface area contributed by atoms with Crippen molar-refractivity contribution in [2.75, 3.05) is 17.7 Å². The largest absolute Gasteiger partial charge is 0.452 e. The van der Waals surface area contributed by atoms with E-state index in [1.807, 2.05) is 64.1 Å². The molecule has 6 nitrogen and oxygen atoms in total. The highest BCUT2D eigenvalue weighted by Crippen LogP contribution is 2.24. The lowest BCUT2D eigenvalue weighted by molar-refractivity contribution is -0.119. The number of aromatic nitrogens is 2. The van der Waals surface area contributed by atoms with Gasteiger partial charge in [0, 0.05) is 4.90 Å². The van der Waals surface area contributed by atoms with Crippen LogP contribution in [0.2, 0.25) is 0 Å². The van der Waals surface area contributed by atoms with Crippen molar-refractivity contribution in [3.63, 3.8) is 0 Å². The Morgan fingerprint density at radius 2 is 1.77 bits per heavy atom. The standard InChI is InChI=1S/C23H25N3O3S/c1-5-30-20-9-7-6-8-19(20)23(28)29-14-21(27)24-22-16(3)25-26(17(22)4)18-12-10-15(2)11-13-18/h6-13H,5,14H2,1-4H3,(H,24,27). The van der Waals surface area contributed by atoms with Crippen molar-refractivity contribution < 1.29 is 14.3 Å². The maximum Gasteiger partial charge on any atom is 0.339 e. The molecule has 7 heteroatoms. The molecule has 156 valence electrons. The first-order valence-electron chi connectivity index (χ1n) is 9.72. The van der Waals surface area contributed by atoms with Crippen LogP contribution in [0.15, 0.2) is 53.4 Å². The number of hydrogen-bond donors (Lipinski definition) is 1. The van der Waals surface area contributed by atoms with Gasteiger partial charge < -0.3 is 10.1 Å². The maximum atomic E-state index is 12.4. The number of esters is 1. The number of aryl methyl sites for hydroxylation is 2. The number of rotatable bonds is 7. The Morgan fingerprint density at radius 1 is 1.07 bits per heavy atom. The van der Waals surface area contributed by atoms with Crippen molar-refractivity contribution in [1.82, 2.24) is 9.78 Å². The first-order valence-corrected chi connectivity index (χ1v) is 10.7. The van der Waals surface area contributed by atoms with Gasteiger partial charge in [-0.05, 0) is 50.8 Å². The van der Waals surface area contributed by atoms with Crippen LogP contribution in [0.4, 0.5) is 5.69 Å². The van der Waals surface area contributed by atoms with Crippen molar-refractivity contribution in [3.8, 4) is 5.69 Å². The fraction of sp³-hybridized carbons (Fsp3) is 0.261. The van der Waals surface area contributed by atoms with E-state index in [1.54, 1.807) is 28.6 Å². The molecule has 0 spiro atoms. The van der Waals surface area contributed by atoms with Crippen LogP contribution in [-0.4, -0.2) is 34.0 Å². The molecule has 3 aromatic rings. The van der Waals surface area contributed by atoms with E-state index in [4.69, 9.17) is 4.74 Å². The van der Waals surface area contributed by atoms with Gasteiger partial charge in [-0.15, -0.1) is 11.8 Å². The average molecular weight is 424 g/mol. The van der Waals surface area contributed by atoms with E-state index in [1.165, 1.54) is 0 Å².